The first-order chi connectivity index (χ1) is 9.29. The number of hydrogen-bond acceptors (Lipinski definition) is 4. The summed E-state index contributed by atoms with van der Waals surface area (Å²) in [7, 11) is 1.78. The number of ether oxygens (including phenoxy) is 1. The summed E-state index contributed by atoms with van der Waals surface area (Å²) in [4.78, 5) is 16.0. The first-order valence-electron chi connectivity index (χ1n) is 6.83. The molecule has 1 unspecified atom stereocenters. The van der Waals surface area contributed by atoms with Crippen LogP contribution < -0.4 is 10.6 Å². The predicted octanol–water partition coefficient (Wildman–Crippen LogP) is 1.81. The van der Waals surface area contributed by atoms with E-state index in [1.54, 1.807) is 25.4 Å². The molecule has 2 N–H and O–H groups in total. The van der Waals surface area contributed by atoms with Crippen LogP contribution in [0, 0.1) is 0 Å². The van der Waals surface area contributed by atoms with Crippen molar-refractivity contribution in [1.82, 2.24) is 10.3 Å². The van der Waals surface area contributed by atoms with Crippen LogP contribution in [0.2, 0.25) is 0 Å². The number of aromatic nitrogens is 1. The van der Waals surface area contributed by atoms with E-state index in [1.807, 2.05) is 0 Å². The van der Waals surface area contributed by atoms with Crippen molar-refractivity contribution in [3.8, 4) is 0 Å². The highest BCUT2D eigenvalue weighted by Gasteiger charge is 2.14. The largest absolute Gasteiger partial charge is 0.378 e. The Hall–Kier alpha value is -1.62. The molecule has 1 aliphatic heterocycles. The summed E-state index contributed by atoms with van der Waals surface area (Å²) in [6.45, 7) is 1.51. The minimum absolute atomic E-state index is 0.0605. The van der Waals surface area contributed by atoms with Crippen molar-refractivity contribution >= 4 is 11.7 Å². The Morgan fingerprint density at radius 3 is 3.16 bits per heavy atom. The number of carbonyl (C=O) groups is 1. The highest BCUT2D eigenvalue weighted by molar-refractivity contribution is 5.94. The number of hydrogen-bond donors (Lipinski definition) is 2. The summed E-state index contributed by atoms with van der Waals surface area (Å²) in [5.41, 5.74) is 0.629. The average molecular weight is 263 g/mol. The standard InChI is InChI=1S/C14H21N3O2/c1-15-13-10-11(5-7-16-13)14(18)17-8-6-12-4-2-3-9-19-12/h5,7,10,12H,2-4,6,8-9H2,1H3,(H,15,16)(H,17,18). The van der Waals surface area contributed by atoms with Gasteiger partial charge in [-0.1, -0.05) is 0 Å². The highest BCUT2D eigenvalue weighted by Crippen LogP contribution is 2.15. The molecule has 1 atom stereocenters. The molecule has 0 radical (unpaired) electrons. The van der Waals surface area contributed by atoms with Crippen LogP contribution in [0.5, 0.6) is 0 Å². The third-order valence-electron chi connectivity index (χ3n) is 3.30. The maximum Gasteiger partial charge on any atom is 0.251 e. The number of amides is 1. The summed E-state index contributed by atoms with van der Waals surface area (Å²) in [5.74, 6) is 0.637. The van der Waals surface area contributed by atoms with Crippen LogP contribution in [0.4, 0.5) is 5.82 Å². The van der Waals surface area contributed by atoms with E-state index in [4.69, 9.17) is 4.74 Å². The van der Waals surface area contributed by atoms with Gasteiger partial charge in [-0.25, -0.2) is 4.98 Å². The van der Waals surface area contributed by atoms with Gasteiger partial charge in [0.2, 0.25) is 0 Å². The quantitative estimate of drug-likeness (QED) is 0.850. The van der Waals surface area contributed by atoms with E-state index in [1.165, 1.54) is 6.42 Å². The fourth-order valence-corrected chi connectivity index (χ4v) is 2.19. The molecule has 1 aromatic rings. The number of rotatable bonds is 5. The first kappa shape index (κ1) is 13.8. The van der Waals surface area contributed by atoms with Crippen LogP contribution in [0.25, 0.3) is 0 Å². The Labute approximate surface area is 113 Å². The topological polar surface area (TPSA) is 63.2 Å². The third-order valence-corrected chi connectivity index (χ3v) is 3.30. The molecule has 0 bridgehead atoms. The summed E-state index contributed by atoms with van der Waals surface area (Å²) in [6.07, 6.45) is 6.32. The number of nitrogens with zero attached hydrogens (tertiary/aromatic N) is 1. The van der Waals surface area contributed by atoms with Gasteiger partial charge in [0.05, 0.1) is 6.10 Å². The van der Waals surface area contributed by atoms with Crippen molar-refractivity contribution in [2.75, 3.05) is 25.5 Å². The van der Waals surface area contributed by atoms with Crippen molar-refractivity contribution < 1.29 is 9.53 Å². The minimum Gasteiger partial charge on any atom is -0.378 e. The van der Waals surface area contributed by atoms with E-state index in [2.05, 4.69) is 15.6 Å². The number of nitrogens with one attached hydrogen (secondary N) is 2. The lowest BCUT2D eigenvalue weighted by Crippen LogP contribution is -2.29. The number of anilines is 1. The van der Waals surface area contributed by atoms with Gasteiger partial charge < -0.3 is 15.4 Å². The summed E-state index contributed by atoms with van der Waals surface area (Å²) in [5, 5.41) is 5.84. The second-order valence-corrected chi connectivity index (χ2v) is 4.71. The molecule has 1 fully saturated rings. The molecule has 1 aliphatic rings. The Balaban J connectivity index is 1.77. The smallest absolute Gasteiger partial charge is 0.251 e. The van der Waals surface area contributed by atoms with E-state index in [-0.39, 0.29) is 5.91 Å². The van der Waals surface area contributed by atoms with Crippen molar-refractivity contribution in [3.05, 3.63) is 23.9 Å². The van der Waals surface area contributed by atoms with Gasteiger partial charge in [-0.2, -0.15) is 0 Å². The van der Waals surface area contributed by atoms with E-state index in [0.29, 0.717) is 24.0 Å². The van der Waals surface area contributed by atoms with Gasteiger partial charge in [-0.3, -0.25) is 4.79 Å². The van der Waals surface area contributed by atoms with Crippen LogP contribution in [0.15, 0.2) is 18.3 Å². The third kappa shape index (κ3) is 4.21. The molecule has 19 heavy (non-hydrogen) atoms. The van der Waals surface area contributed by atoms with Crippen molar-refractivity contribution in [1.29, 1.82) is 0 Å². The summed E-state index contributed by atoms with van der Waals surface area (Å²) < 4.78 is 5.63. The second kappa shape index (κ2) is 7.09. The molecule has 0 aromatic carbocycles. The van der Waals surface area contributed by atoms with Crippen LogP contribution in [0.3, 0.4) is 0 Å². The van der Waals surface area contributed by atoms with E-state index in [0.717, 1.165) is 25.9 Å². The predicted molar refractivity (Wildman–Crippen MR) is 74.3 cm³/mol. The molecule has 5 heteroatoms. The molecule has 0 aliphatic carbocycles. The molecule has 1 amide bonds. The molecule has 5 nitrogen and oxygen atoms in total. The Kier molecular flexibility index (Phi) is 5.15. The molecule has 1 aromatic heterocycles. The lowest BCUT2D eigenvalue weighted by molar-refractivity contribution is 0.0117. The molecule has 2 rings (SSSR count). The Morgan fingerprint density at radius 2 is 2.42 bits per heavy atom. The molecular weight excluding hydrogens is 242 g/mol. The van der Waals surface area contributed by atoms with E-state index in [9.17, 15) is 4.79 Å². The normalized spacial score (nSPS) is 18.9. The number of pyridine rings is 1. The van der Waals surface area contributed by atoms with Gasteiger partial charge in [0.15, 0.2) is 0 Å². The van der Waals surface area contributed by atoms with Crippen molar-refractivity contribution in [2.24, 2.45) is 0 Å². The van der Waals surface area contributed by atoms with Crippen molar-refractivity contribution in [3.63, 3.8) is 0 Å². The zero-order valence-electron chi connectivity index (χ0n) is 11.3. The van der Waals surface area contributed by atoms with Crippen LogP contribution in [-0.4, -0.2) is 37.2 Å². The zero-order valence-corrected chi connectivity index (χ0v) is 11.3. The van der Waals surface area contributed by atoms with Gasteiger partial charge in [0, 0.05) is 32.0 Å². The highest BCUT2D eigenvalue weighted by atomic mass is 16.5. The molecule has 104 valence electrons. The lowest BCUT2D eigenvalue weighted by Gasteiger charge is -2.22. The molecule has 1 saturated heterocycles. The average Bonchev–Trinajstić information content (AvgIpc) is 2.48. The lowest BCUT2D eigenvalue weighted by atomic mass is 10.1. The maximum absolute atomic E-state index is 11.9. The SMILES string of the molecule is CNc1cc(C(=O)NCCC2CCCCO2)ccn1. The van der Waals surface area contributed by atoms with Crippen molar-refractivity contribution in [2.45, 2.75) is 31.8 Å². The Bertz CT molecular complexity index is 417. The minimum atomic E-state index is -0.0605. The summed E-state index contributed by atoms with van der Waals surface area (Å²) >= 11 is 0. The van der Waals surface area contributed by atoms with Gasteiger partial charge in [-0.05, 0) is 37.8 Å². The zero-order chi connectivity index (χ0) is 13.5. The Morgan fingerprint density at radius 1 is 1.53 bits per heavy atom. The maximum atomic E-state index is 11.9. The van der Waals surface area contributed by atoms with E-state index >= 15 is 0 Å². The molecule has 0 spiro atoms. The monoisotopic (exact) mass is 263 g/mol. The number of carbonyl (C=O) groups excluding carboxylic acids is 1. The van der Waals surface area contributed by atoms with Gasteiger partial charge in [0.1, 0.15) is 5.82 Å². The van der Waals surface area contributed by atoms with Crippen LogP contribution >= 0.6 is 0 Å². The van der Waals surface area contributed by atoms with Crippen LogP contribution in [-0.2, 0) is 4.74 Å². The van der Waals surface area contributed by atoms with Gasteiger partial charge in [-0.15, -0.1) is 0 Å². The summed E-state index contributed by atoms with van der Waals surface area (Å²) in [6, 6.07) is 3.46. The van der Waals surface area contributed by atoms with Crippen LogP contribution in [0.1, 0.15) is 36.0 Å². The van der Waals surface area contributed by atoms with E-state index < -0.39 is 0 Å². The van der Waals surface area contributed by atoms with Gasteiger partial charge >= 0.3 is 0 Å². The second-order valence-electron chi connectivity index (χ2n) is 4.71. The van der Waals surface area contributed by atoms with Gasteiger partial charge in [0.25, 0.3) is 5.91 Å². The first-order valence-corrected chi connectivity index (χ1v) is 6.83. The molecular formula is C14H21N3O2. The molecule has 2 heterocycles. The molecule has 0 saturated carbocycles. The fraction of sp³-hybridized carbons (Fsp3) is 0.571. The fourth-order valence-electron chi connectivity index (χ4n) is 2.19.